The molecule has 2 aromatic rings. The second-order valence-corrected chi connectivity index (χ2v) is 3.42. The zero-order chi connectivity index (χ0) is 9.42. The summed E-state index contributed by atoms with van der Waals surface area (Å²) in [6.45, 7) is 4.24. The summed E-state index contributed by atoms with van der Waals surface area (Å²) in [5.74, 6) is 0.412. The lowest BCUT2D eigenvalue weighted by Crippen LogP contribution is -1.96. The fourth-order valence-electron chi connectivity index (χ4n) is 1.44. The number of nitrogens with zero attached hydrogens (tertiary/aromatic N) is 4. The number of aromatic nitrogens is 4. The highest BCUT2D eigenvalue weighted by Gasteiger charge is 2.09. The average molecular weight is 176 g/mol. The van der Waals surface area contributed by atoms with Gasteiger partial charge in [0.05, 0.1) is 17.3 Å². The van der Waals surface area contributed by atoms with Crippen molar-refractivity contribution in [1.29, 1.82) is 0 Å². The molecule has 0 saturated carbocycles. The molecule has 2 aromatic heterocycles. The number of aryl methyl sites for hydroxylation is 1. The van der Waals surface area contributed by atoms with E-state index in [9.17, 15) is 0 Å². The summed E-state index contributed by atoms with van der Waals surface area (Å²) in [5.41, 5.74) is 1.97. The number of hydrogen-bond acceptors (Lipinski definition) is 3. The van der Waals surface area contributed by atoms with Crippen molar-refractivity contribution in [1.82, 2.24) is 19.7 Å². The monoisotopic (exact) mass is 176 g/mol. The fraction of sp³-hybridized carbons (Fsp3) is 0.444. The van der Waals surface area contributed by atoms with Crippen LogP contribution in [0.5, 0.6) is 0 Å². The van der Waals surface area contributed by atoms with Gasteiger partial charge in [0.1, 0.15) is 6.33 Å². The van der Waals surface area contributed by atoms with Gasteiger partial charge in [0.15, 0.2) is 5.65 Å². The Morgan fingerprint density at radius 3 is 2.77 bits per heavy atom. The maximum Gasteiger partial charge on any atom is 0.161 e. The van der Waals surface area contributed by atoms with Crippen LogP contribution in [0.3, 0.4) is 0 Å². The third-order valence-corrected chi connectivity index (χ3v) is 2.11. The molecular weight excluding hydrogens is 164 g/mol. The van der Waals surface area contributed by atoms with E-state index in [2.05, 4.69) is 28.9 Å². The van der Waals surface area contributed by atoms with Gasteiger partial charge in [0.25, 0.3) is 0 Å². The highest BCUT2D eigenvalue weighted by Crippen LogP contribution is 2.20. The molecule has 0 atom stereocenters. The molecule has 4 heteroatoms. The van der Waals surface area contributed by atoms with Gasteiger partial charge >= 0.3 is 0 Å². The maximum absolute atomic E-state index is 4.26. The van der Waals surface area contributed by atoms with Crippen molar-refractivity contribution in [3.05, 3.63) is 18.2 Å². The summed E-state index contributed by atoms with van der Waals surface area (Å²) in [5, 5.41) is 5.21. The second kappa shape index (κ2) is 2.80. The Bertz CT molecular complexity index is 430. The number of fused-ring (bicyclic) bond motifs is 1. The maximum atomic E-state index is 4.26. The van der Waals surface area contributed by atoms with Crippen LogP contribution in [0, 0.1) is 0 Å². The molecule has 68 valence electrons. The summed E-state index contributed by atoms with van der Waals surface area (Å²) >= 11 is 0. The predicted octanol–water partition coefficient (Wildman–Crippen LogP) is 1.49. The predicted molar refractivity (Wildman–Crippen MR) is 50.4 cm³/mol. The third-order valence-electron chi connectivity index (χ3n) is 2.11. The second-order valence-electron chi connectivity index (χ2n) is 3.42. The molecule has 0 fully saturated rings. The lowest BCUT2D eigenvalue weighted by Gasteiger charge is -2.03. The van der Waals surface area contributed by atoms with Gasteiger partial charge in [0.2, 0.25) is 0 Å². The van der Waals surface area contributed by atoms with Gasteiger partial charge in [-0.05, 0) is 5.92 Å². The first-order valence-electron chi connectivity index (χ1n) is 4.32. The molecule has 4 nitrogen and oxygen atoms in total. The molecule has 0 amide bonds. The zero-order valence-electron chi connectivity index (χ0n) is 8.02. The van der Waals surface area contributed by atoms with E-state index in [1.165, 1.54) is 0 Å². The molecule has 0 aliphatic carbocycles. The number of rotatable bonds is 1. The first-order chi connectivity index (χ1) is 6.20. The topological polar surface area (TPSA) is 43.6 Å². The van der Waals surface area contributed by atoms with Gasteiger partial charge in [-0.25, -0.2) is 9.97 Å². The minimum Gasteiger partial charge on any atom is -0.250 e. The van der Waals surface area contributed by atoms with Crippen LogP contribution in [-0.4, -0.2) is 19.7 Å². The standard InChI is InChI=1S/C9H12N4/c1-6(2)8-7-4-12-13(3)9(7)11-5-10-8/h4-6H,1-3H3. The molecule has 0 spiro atoms. The minimum absolute atomic E-state index is 0.412. The van der Waals surface area contributed by atoms with Crippen LogP contribution in [0.1, 0.15) is 25.5 Å². The van der Waals surface area contributed by atoms with Crippen LogP contribution >= 0.6 is 0 Å². The summed E-state index contributed by atoms with van der Waals surface area (Å²) in [6.07, 6.45) is 3.42. The lowest BCUT2D eigenvalue weighted by atomic mass is 10.1. The lowest BCUT2D eigenvalue weighted by molar-refractivity contribution is 0.782. The van der Waals surface area contributed by atoms with Crippen molar-refractivity contribution in [3.8, 4) is 0 Å². The van der Waals surface area contributed by atoms with Crippen LogP contribution in [0.2, 0.25) is 0 Å². The Balaban J connectivity index is 2.77. The molecule has 0 bridgehead atoms. The number of hydrogen-bond donors (Lipinski definition) is 0. The SMILES string of the molecule is CC(C)c1ncnc2c1cnn2C. The Labute approximate surface area is 76.6 Å². The normalized spacial score (nSPS) is 11.4. The quantitative estimate of drug-likeness (QED) is 0.661. The fourth-order valence-corrected chi connectivity index (χ4v) is 1.44. The zero-order valence-corrected chi connectivity index (χ0v) is 8.02. The van der Waals surface area contributed by atoms with Crippen molar-refractivity contribution in [2.24, 2.45) is 7.05 Å². The van der Waals surface area contributed by atoms with Gasteiger partial charge in [-0.2, -0.15) is 5.10 Å². The van der Waals surface area contributed by atoms with E-state index in [0.29, 0.717) is 5.92 Å². The van der Waals surface area contributed by atoms with E-state index in [4.69, 9.17) is 0 Å². The molecular formula is C9H12N4. The van der Waals surface area contributed by atoms with Crippen LogP contribution < -0.4 is 0 Å². The molecule has 2 rings (SSSR count). The first kappa shape index (κ1) is 8.16. The highest BCUT2D eigenvalue weighted by atomic mass is 15.3. The van der Waals surface area contributed by atoms with Gasteiger partial charge in [-0.3, -0.25) is 4.68 Å². The highest BCUT2D eigenvalue weighted by molar-refractivity contribution is 5.77. The van der Waals surface area contributed by atoms with Gasteiger partial charge in [-0.1, -0.05) is 13.8 Å². The summed E-state index contributed by atoms with van der Waals surface area (Å²) in [7, 11) is 1.89. The average Bonchev–Trinajstić information content (AvgIpc) is 2.48. The summed E-state index contributed by atoms with van der Waals surface area (Å²) in [4.78, 5) is 8.43. The smallest absolute Gasteiger partial charge is 0.161 e. The summed E-state index contributed by atoms with van der Waals surface area (Å²) in [6, 6.07) is 0. The van der Waals surface area contributed by atoms with E-state index in [0.717, 1.165) is 16.7 Å². The van der Waals surface area contributed by atoms with Crippen molar-refractivity contribution in [2.45, 2.75) is 19.8 Å². The molecule has 0 saturated heterocycles. The van der Waals surface area contributed by atoms with Crippen molar-refractivity contribution in [2.75, 3.05) is 0 Å². The van der Waals surface area contributed by atoms with E-state index in [-0.39, 0.29) is 0 Å². The molecule has 0 N–H and O–H groups in total. The Hall–Kier alpha value is -1.45. The molecule has 0 aromatic carbocycles. The van der Waals surface area contributed by atoms with E-state index < -0.39 is 0 Å². The Kier molecular flexibility index (Phi) is 1.76. The molecule has 13 heavy (non-hydrogen) atoms. The van der Waals surface area contributed by atoms with Crippen molar-refractivity contribution >= 4 is 11.0 Å². The molecule has 2 heterocycles. The van der Waals surface area contributed by atoms with Gasteiger partial charge < -0.3 is 0 Å². The van der Waals surface area contributed by atoms with E-state index in [1.54, 1.807) is 11.0 Å². The molecule has 0 radical (unpaired) electrons. The molecule has 0 aliphatic rings. The minimum atomic E-state index is 0.412. The van der Waals surface area contributed by atoms with E-state index in [1.807, 2.05) is 13.2 Å². The van der Waals surface area contributed by atoms with Gasteiger partial charge in [0, 0.05) is 7.05 Å². The first-order valence-corrected chi connectivity index (χ1v) is 4.32. The molecule has 0 unspecified atom stereocenters. The Morgan fingerprint density at radius 1 is 1.31 bits per heavy atom. The van der Waals surface area contributed by atoms with Crippen LogP contribution in [-0.2, 0) is 7.05 Å². The Morgan fingerprint density at radius 2 is 2.08 bits per heavy atom. The van der Waals surface area contributed by atoms with Crippen molar-refractivity contribution < 1.29 is 0 Å². The largest absolute Gasteiger partial charge is 0.250 e. The van der Waals surface area contributed by atoms with E-state index >= 15 is 0 Å². The van der Waals surface area contributed by atoms with Gasteiger partial charge in [-0.15, -0.1) is 0 Å². The summed E-state index contributed by atoms with van der Waals surface area (Å²) < 4.78 is 1.77. The third kappa shape index (κ3) is 1.18. The molecule has 0 aliphatic heterocycles. The van der Waals surface area contributed by atoms with Crippen LogP contribution in [0.15, 0.2) is 12.5 Å². The van der Waals surface area contributed by atoms with Crippen LogP contribution in [0.25, 0.3) is 11.0 Å². The van der Waals surface area contributed by atoms with Crippen molar-refractivity contribution in [3.63, 3.8) is 0 Å². The van der Waals surface area contributed by atoms with Crippen LogP contribution in [0.4, 0.5) is 0 Å².